The van der Waals surface area contributed by atoms with E-state index >= 15 is 0 Å². The summed E-state index contributed by atoms with van der Waals surface area (Å²) in [5.41, 5.74) is 1.80. The number of piperidine rings is 1. The summed E-state index contributed by atoms with van der Waals surface area (Å²) < 4.78 is 5.91. The van der Waals surface area contributed by atoms with Crippen LogP contribution in [0.3, 0.4) is 0 Å². The van der Waals surface area contributed by atoms with Crippen LogP contribution in [-0.2, 0) is 22.6 Å². The van der Waals surface area contributed by atoms with Crippen molar-refractivity contribution in [2.75, 3.05) is 19.6 Å². The van der Waals surface area contributed by atoms with Crippen LogP contribution in [0.4, 0.5) is 0 Å². The zero-order valence-corrected chi connectivity index (χ0v) is 15.0. The Kier molecular flexibility index (Phi) is 4.49. The van der Waals surface area contributed by atoms with Gasteiger partial charge in [-0.15, -0.1) is 0 Å². The lowest BCUT2D eigenvalue weighted by Gasteiger charge is -2.35. The number of rotatable bonds is 2. The van der Waals surface area contributed by atoms with Gasteiger partial charge in [0.25, 0.3) is 0 Å². The molecule has 0 bridgehead atoms. The normalized spacial score (nSPS) is 20.0. The van der Waals surface area contributed by atoms with E-state index in [4.69, 9.17) is 4.42 Å². The highest BCUT2D eigenvalue weighted by Gasteiger charge is 2.33. The largest absolute Gasteiger partial charge is 0.441 e. The maximum atomic E-state index is 12.9. The number of carbonyl (C=O) groups excluding carboxylic acids is 2. The van der Waals surface area contributed by atoms with Crippen LogP contribution in [0.5, 0.6) is 0 Å². The number of oxazole rings is 1. The van der Waals surface area contributed by atoms with Crippen LogP contribution in [0.2, 0.25) is 0 Å². The Bertz CT molecular complexity index is 815. The average molecular weight is 353 g/mol. The maximum Gasteiger partial charge on any atom is 0.227 e. The van der Waals surface area contributed by atoms with Gasteiger partial charge in [0.15, 0.2) is 0 Å². The van der Waals surface area contributed by atoms with Gasteiger partial charge in [0.2, 0.25) is 17.7 Å². The molecule has 0 aliphatic carbocycles. The Morgan fingerprint density at radius 1 is 1.15 bits per heavy atom. The predicted molar refractivity (Wildman–Crippen MR) is 96.0 cm³/mol. The molecule has 1 aromatic carbocycles. The molecule has 0 N–H and O–H groups in total. The first-order valence-electron chi connectivity index (χ1n) is 9.20. The highest BCUT2D eigenvalue weighted by Crippen LogP contribution is 2.28. The van der Waals surface area contributed by atoms with Crippen molar-refractivity contribution >= 4 is 11.8 Å². The van der Waals surface area contributed by atoms with Crippen molar-refractivity contribution in [3.8, 4) is 11.5 Å². The summed E-state index contributed by atoms with van der Waals surface area (Å²) in [7, 11) is 0. The Balaban J connectivity index is 1.47. The molecule has 2 aliphatic rings. The molecule has 1 fully saturated rings. The van der Waals surface area contributed by atoms with Gasteiger partial charge in [0.05, 0.1) is 12.5 Å². The van der Waals surface area contributed by atoms with E-state index < -0.39 is 0 Å². The summed E-state index contributed by atoms with van der Waals surface area (Å²) in [5, 5.41) is 0. The SMILES string of the molecule is CC(=O)N1CCCC(C(=O)N2CCc3oc(-c4ccccc4)nc3C2)C1. The second-order valence-corrected chi connectivity index (χ2v) is 7.07. The van der Waals surface area contributed by atoms with E-state index in [2.05, 4.69) is 4.98 Å². The number of hydrogen-bond donors (Lipinski definition) is 0. The molecule has 2 amide bonds. The molecule has 1 unspecified atom stereocenters. The number of benzene rings is 1. The van der Waals surface area contributed by atoms with E-state index in [0.717, 1.165) is 36.4 Å². The fraction of sp³-hybridized carbons (Fsp3) is 0.450. The van der Waals surface area contributed by atoms with E-state index in [1.54, 1.807) is 11.8 Å². The summed E-state index contributed by atoms with van der Waals surface area (Å²) in [4.78, 5) is 32.8. The third-order valence-corrected chi connectivity index (χ3v) is 5.28. The molecule has 0 radical (unpaired) electrons. The molecule has 6 heteroatoms. The summed E-state index contributed by atoms with van der Waals surface area (Å²) in [6.07, 6.45) is 2.42. The van der Waals surface area contributed by atoms with E-state index in [0.29, 0.717) is 31.9 Å². The molecule has 3 heterocycles. The topological polar surface area (TPSA) is 66.7 Å². The molecule has 0 saturated carbocycles. The molecule has 6 nitrogen and oxygen atoms in total. The van der Waals surface area contributed by atoms with E-state index in [1.807, 2.05) is 35.2 Å². The number of aromatic nitrogens is 1. The molecular weight excluding hydrogens is 330 g/mol. The fourth-order valence-electron chi connectivity index (χ4n) is 3.81. The van der Waals surface area contributed by atoms with Gasteiger partial charge in [-0.3, -0.25) is 9.59 Å². The van der Waals surface area contributed by atoms with Crippen LogP contribution in [-0.4, -0.2) is 46.2 Å². The number of nitrogens with zero attached hydrogens (tertiary/aromatic N) is 3. The summed E-state index contributed by atoms with van der Waals surface area (Å²) >= 11 is 0. The van der Waals surface area contributed by atoms with Crippen molar-refractivity contribution in [1.29, 1.82) is 0 Å². The Labute approximate surface area is 152 Å². The summed E-state index contributed by atoms with van der Waals surface area (Å²) in [6.45, 7) is 3.99. The molecule has 1 atom stereocenters. The van der Waals surface area contributed by atoms with Gasteiger partial charge in [-0.2, -0.15) is 0 Å². The molecule has 0 spiro atoms. The van der Waals surface area contributed by atoms with Crippen molar-refractivity contribution in [1.82, 2.24) is 14.8 Å². The molecular formula is C20H23N3O3. The number of carbonyl (C=O) groups is 2. The van der Waals surface area contributed by atoms with Gasteiger partial charge < -0.3 is 14.2 Å². The molecule has 2 aromatic rings. The lowest BCUT2D eigenvalue weighted by Crippen LogP contribution is -2.47. The number of fused-ring (bicyclic) bond motifs is 1. The number of likely N-dealkylation sites (tertiary alicyclic amines) is 1. The molecule has 26 heavy (non-hydrogen) atoms. The maximum absolute atomic E-state index is 12.9. The van der Waals surface area contributed by atoms with Crippen LogP contribution >= 0.6 is 0 Å². The fourth-order valence-corrected chi connectivity index (χ4v) is 3.81. The third kappa shape index (κ3) is 3.23. The minimum atomic E-state index is -0.102. The number of amides is 2. The molecule has 136 valence electrons. The third-order valence-electron chi connectivity index (χ3n) is 5.28. The summed E-state index contributed by atoms with van der Waals surface area (Å²) in [5.74, 6) is 1.57. The van der Waals surface area contributed by atoms with Crippen LogP contribution in [0.15, 0.2) is 34.7 Å². The van der Waals surface area contributed by atoms with Crippen molar-refractivity contribution in [3.05, 3.63) is 41.8 Å². The second-order valence-electron chi connectivity index (χ2n) is 7.07. The smallest absolute Gasteiger partial charge is 0.227 e. The summed E-state index contributed by atoms with van der Waals surface area (Å²) in [6, 6.07) is 9.81. The van der Waals surface area contributed by atoms with E-state index in [-0.39, 0.29) is 17.7 Å². The monoisotopic (exact) mass is 353 g/mol. The standard InChI is InChI=1S/C20H23N3O3/c1-14(24)22-10-5-8-16(12-22)20(25)23-11-9-18-17(13-23)21-19(26-18)15-6-3-2-4-7-15/h2-4,6-7,16H,5,8-13H2,1H3. The van der Waals surface area contributed by atoms with Gasteiger partial charge in [-0.1, -0.05) is 18.2 Å². The lowest BCUT2D eigenvalue weighted by molar-refractivity contribution is -0.141. The molecule has 2 aliphatic heterocycles. The van der Waals surface area contributed by atoms with Crippen LogP contribution in [0, 0.1) is 5.92 Å². The first kappa shape index (κ1) is 16.8. The van der Waals surface area contributed by atoms with E-state index in [1.165, 1.54) is 0 Å². The van der Waals surface area contributed by atoms with Gasteiger partial charge in [0.1, 0.15) is 11.5 Å². The number of hydrogen-bond acceptors (Lipinski definition) is 4. The highest BCUT2D eigenvalue weighted by molar-refractivity contribution is 5.81. The zero-order valence-electron chi connectivity index (χ0n) is 15.0. The van der Waals surface area contributed by atoms with Crippen molar-refractivity contribution in [3.63, 3.8) is 0 Å². The first-order chi connectivity index (χ1) is 12.6. The lowest BCUT2D eigenvalue weighted by atomic mass is 9.95. The Morgan fingerprint density at radius 2 is 1.96 bits per heavy atom. The van der Waals surface area contributed by atoms with Crippen molar-refractivity contribution in [2.45, 2.75) is 32.7 Å². The average Bonchev–Trinajstić information content (AvgIpc) is 3.11. The van der Waals surface area contributed by atoms with Gasteiger partial charge in [-0.05, 0) is 25.0 Å². The van der Waals surface area contributed by atoms with Crippen LogP contribution in [0.1, 0.15) is 31.2 Å². The second kappa shape index (κ2) is 6.94. The first-order valence-corrected chi connectivity index (χ1v) is 9.20. The molecule has 1 saturated heterocycles. The highest BCUT2D eigenvalue weighted by atomic mass is 16.4. The molecule has 1 aromatic heterocycles. The van der Waals surface area contributed by atoms with Crippen molar-refractivity contribution < 1.29 is 14.0 Å². The minimum Gasteiger partial charge on any atom is -0.441 e. The quantitative estimate of drug-likeness (QED) is 0.832. The van der Waals surface area contributed by atoms with Crippen molar-refractivity contribution in [2.24, 2.45) is 5.92 Å². The van der Waals surface area contributed by atoms with E-state index in [9.17, 15) is 9.59 Å². The molecule has 4 rings (SSSR count). The Hall–Kier alpha value is -2.63. The van der Waals surface area contributed by atoms with Crippen LogP contribution < -0.4 is 0 Å². The Morgan fingerprint density at radius 3 is 2.73 bits per heavy atom. The van der Waals surface area contributed by atoms with Crippen LogP contribution in [0.25, 0.3) is 11.5 Å². The zero-order chi connectivity index (χ0) is 18.1. The predicted octanol–water partition coefficient (Wildman–Crippen LogP) is 2.48. The van der Waals surface area contributed by atoms with Gasteiger partial charge in [0, 0.05) is 38.5 Å². The van der Waals surface area contributed by atoms with Gasteiger partial charge >= 0.3 is 0 Å². The minimum absolute atomic E-state index is 0.0486. The van der Waals surface area contributed by atoms with Gasteiger partial charge in [-0.25, -0.2) is 4.98 Å².